The van der Waals surface area contributed by atoms with E-state index >= 15 is 0 Å². The average molecular weight is 582 g/mol. The summed E-state index contributed by atoms with van der Waals surface area (Å²) in [7, 11) is 0. The molecule has 3 aliphatic heterocycles. The predicted molar refractivity (Wildman–Crippen MR) is 177 cm³/mol. The van der Waals surface area contributed by atoms with Gasteiger partial charge < -0.3 is 16.0 Å². The van der Waals surface area contributed by atoms with Gasteiger partial charge in [-0.3, -0.25) is 0 Å². The fourth-order valence-electron chi connectivity index (χ4n) is 11.0. The third kappa shape index (κ3) is 8.73. The van der Waals surface area contributed by atoms with Crippen molar-refractivity contribution in [2.75, 3.05) is 0 Å². The van der Waals surface area contributed by atoms with Gasteiger partial charge in [-0.1, -0.05) is 19.3 Å². The van der Waals surface area contributed by atoms with Gasteiger partial charge >= 0.3 is 0 Å². The van der Waals surface area contributed by atoms with Gasteiger partial charge in [-0.25, -0.2) is 0 Å². The molecule has 3 aliphatic rings. The molecule has 0 aromatic rings. The SMILES string of the molecule is CC1(C)CC(C(CCCCCCC#N)C(C#N)(C2CC(C)(C)NC(C)(C)C2)C2CC(C)(C)NC(C)(C)C2)CC(C)(C)N1. The molecule has 0 radical (unpaired) electrons. The second-order valence-electron chi connectivity index (χ2n) is 18.8. The lowest BCUT2D eigenvalue weighted by Gasteiger charge is -2.61. The zero-order valence-electron chi connectivity index (χ0n) is 29.7. The molecule has 1 atom stereocenters. The lowest BCUT2D eigenvalue weighted by atomic mass is 9.47. The lowest BCUT2D eigenvalue weighted by molar-refractivity contribution is -0.0802. The van der Waals surface area contributed by atoms with Crippen LogP contribution in [0.1, 0.15) is 160 Å². The molecule has 0 bridgehead atoms. The summed E-state index contributed by atoms with van der Waals surface area (Å²) in [6, 6.07) is 5.63. The Kier molecular flexibility index (Phi) is 10.4. The number of nitriles is 2. The lowest BCUT2D eigenvalue weighted by Crippen LogP contribution is -2.66. The van der Waals surface area contributed by atoms with Crippen LogP contribution in [-0.2, 0) is 0 Å². The molecule has 3 fully saturated rings. The van der Waals surface area contributed by atoms with Gasteiger partial charge in [0.2, 0.25) is 0 Å². The first-order chi connectivity index (χ1) is 19.1. The van der Waals surface area contributed by atoms with E-state index < -0.39 is 5.41 Å². The van der Waals surface area contributed by atoms with Gasteiger partial charge in [-0.2, -0.15) is 10.5 Å². The highest BCUT2D eigenvalue weighted by Crippen LogP contribution is 2.60. The van der Waals surface area contributed by atoms with E-state index in [0.29, 0.717) is 30.1 Å². The van der Waals surface area contributed by atoms with E-state index in [0.717, 1.165) is 70.6 Å². The van der Waals surface area contributed by atoms with Crippen LogP contribution >= 0.6 is 0 Å². The summed E-state index contributed by atoms with van der Waals surface area (Å²) in [6.07, 6.45) is 12.6. The first-order valence-electron chi connectivity index (χ1n) is 17.2. The standard InChI is InChI=1S/C37H67N5/c1-31(2)20-27(21-32(3,4)40-31)30(18-16-14-13-15-17-19-38)37(26-39,28-22-33(5,6)41-34(7,8)23-28)29-24-35(9,10)42-36(11,12)25-29/h27-30,40-42H,13-18,20-25H2,1-12H3. The van der Waals surface area contributed by atoms with Crippen molar-refractivity contribution < 1.29 is 0 Å². The van der Waals surface area contributed by atoms with Crippen LogP contribution in [0.5, 0.6) is 0 Å². The van der Waals surface area contributed by atoms with Gasteiger partial charge in [0.25, 0.3) is 0 Å². The fourth-order valence-corrected chi connectivity index (χ4v) is 11.0. The normalized spacial score (nSPS) is 28.0. The molecular weight excluding hydrogens is 514 g/mol. The molecule has 240 valence electrons. The van der Waals surface area contributed by atoms with Crippen molar-refractivity contribution in [1.82, 2.24) is 16.0 Å². The molecule has 3 rings (SSSR count). The van der Waals surface area contributed by atoms with E-state index in [1.54, 1.807) is 0 Å². The van der Waals surface area contributed by atoms with Gasteiger partial charge in [0.1, 0.15) is 0 Å². The minimum atomic E-state index is -0.395. The summed E-state index contributed by atoms with van der Waals surface area (Å²) in [5.74, 6) is 1.53. The van der Waals surface area contributed by atoms with Crippen LogP contribution < -0.4 is 16.0 Å². The Labute approximate surface area is 260 Å². The highest BCUT2D eigenvalue weighted by Gasteiger charge is 2.60. The Morgan fingerprint density at radius 1 is 0.571 bits per heavy atom. The van der Waals surface area contributed by atoms with Crippen LogP contribution in [0.4, 0.5) is 0 Å². The Bertz CT molecular complexity index is 918. The summed E-state index contributed by atoms with van der Waals surface area (Å²) >= 11 is 0. The van der Waals surface area contributed by atoms with E-state index in [-0.39, 0.29) is 33.2 Å². The maximum Gasteiger partial charge on any atom is 0.0698 e. The number of hydrogen-bond donors (Lipinski definition) is 3. The molecule has 3 heterocycles. The molecule has 0 aliphatic carbocycles. The fraction of sp³-hybridized carbons (Fsp3) is 0.946. The third-order valence-electron chi connectivity index (χ3n) is 10.9. The Morgan fingerprint density at radius 3 is 1.29 bits per heavy atom. The number of piperidine rings is 3. The second-order valence-corrected chi connectivity index (χ2v) is 18.8. The molecule has 0 amide bonds. The maximum absolute atomic E-state index is 11.9. The summed E-state index contributed by atoms with van der Waals surface area (Å²) in [4.78, 5) is 0. The first kappa shape index (κ1) is 35.3. The Hall–Kier alpha value is -1.14. The minimum absolute atomic E-state index is 0.0129. The monoisotopic (exact) mass is 582 g/mol. The van der Waals surface area contributed by atoms with Gasteiger partial charge in [0.15, 0.2) is 0 Å². The highest BCUT2D eigenvalue weighted by molar-refractivity contribution is 5.19. The van der Waals surface area contributed by atoms with E-state index in [2.05, 4.69) is 111 Å². The van der Waals surface area contributed by atoms with E-state index in [9.17, 15) is 5.26 Å². The smallest absolute Gasteiger partial charge is 0.0698 e. The number of nitrogens with zero attached hydrogens (tertiary/aromatic N) is 2. The Morgan fingerprint density at radius 2 is 0.929 bits per heavy atom. The summed E-state index contributed by atoms with van der Waals surface area (Å²) in [6.45, 7) is 28.4. The van der Waals surface area contributed by atoms with Crippen LogP contribution in [0, 0.1) is 51.7 Å². The zero-order valence-corrected chi connectivity index (χ0v) is 29.7. The van der Waals surface area contributed by atoms with Crippen LogP contribution in [-0.4, -0.2) is 33.2 Å². The molecule has 0 spiro atoms. The van der Waals surface area contributed by atoms with Crippen molar-refractivity contribution in [3.63, 3.8) is 0 Å². The van der Waals surface area contributed by atoms with Gasteiger partial charge in [-0.15, -0.1) is 0 Å². The molecule has 0 saturated carbocycles. The van der Waals surface area contributed by atoms with Crippen molar-refractivity contribution >= 4 is 0 Å². The largest absolute Gasteiger partial charge is 0.307 e. The van der Waals surface area contributed by atoms with Crippen molar-refractivity contribution in [1.29, 1.82) is 10.5 Å². The van der Waals surface area contributed by atoms with Gasteiger partial charge in [0, 0.05) is 39.7 Å². The number of rotatable bonds is 10. The molecule has 3 N–H and O–H groups in total. The highest BCUT2D eigenvalue weighted by atomic mass is 15.1. The quantitative estimate of drug-likeness (QED) is 0.225. The minimum Gasteiger partial charge on any atom is -0.307 e. The summed E-state index contributed by atoms with van der Waals surface area (Å²) < 4.78 is 0. The van der Waals surface area contributed by atoms with Crippen LogP contribution in [0.25, 0.3) is 0 Å². The summed E-state index contributed by atoms with van der Waals surface area (Å²) in [5.41, 5.74) is -0.367. The van der Waals surface area contributed by atoms with Crippen LogP contribution in [0.2, 0.25) is 0 Å². The molecule has 0 aromatic heterocycles. The zero-order chi connectivity index (χ0) is 31.8. The van der Waals surface area contributed by atoms with E-state index in [1.165, 1.54) is 0 Å². The molecule has 0 aromatic carbocycles. The van der Waals surface area contributed by atoms with E-state index in [4.69, 9.17) is 5.26 Å². The van der Waals surface area contributed by atoms with Crippen molar-refractivity contribution in [3.8, 4) is 12.1 Å². The number of unbranched alkanes of at least 4 members (excludes halogenated alkanes) is 4. The molecule has 5 heteroatoms. The van der Waals surface area contributed by atoms with Crippen LogP contribution in [0.3, 0.4) is 0 Å². The Balaban J connectivity index is 2.19. The van der Waals surface area contributed by atoms with Crippen molar-refractivity contribution in [2.24, 2.45) is 29.1 Å². The molecule has 5 nitrogen and oxygen atoms in total. The topological polar surface area (TPSA) is 83.7 Å². The van der Waals surface area contributed by atoms with Gasteiger partial charge in [-0.05, 0) is 158 Å². The summed E-state index contributed by atoms with van der Waals surface area (Å²) in [5, 5.41) is 32.8. The molecule has 42 heavy (non-hydrogen) atoms. The number of nitrogens with one attached hydrogen (secondary N) is 3. The van der Waals surface area contributed by atoms with Crippen molar-refractivity contribution in [3.05, 3.63) is 0 Å². The maximum atomic E-state index is 11.9. The predicted octanol–water partition coefficient (Wildman–Crippen LogP) is 8.65. The third-order valence-corrected chi connectivity index (χ3v) is 10.9. The molecule has 3 saturated heterocycles. The number of hydrogen-bond acceptors (Lipinski definition) is 5. The van der Waals surface area contributed by atoms with Gasteiger partial charge in [0.05, 0.1) is 17.6 Å². The van der Waals surface area contributed by atoms with E-state index in [1.807, 2.05) is 0 Å². The van der Waals surface area contributed by atoms with Crippen LogP contribution in [0.15, 0.2) is 0 Å². The van der Waals surface area contributed by atoms with Crippen molar-refractivity contribution in [2.45, 2.75) is 193 Å². The molecule has 1 unspecified atom stereocenters. The average Bonchev–Trinajstić information content (AvgIpc) is 2.74. The second kappa shape index (κ2) is 12.3. The molecular formula is C37H67N5. The first-order valence-corrected chi connectivity index (χ1v) is 17.2.